The second kappa shape index (κ2) is 11.4. The summed E-state index contributed by atoms with van der Waals surface area (Å²) in [6.45, 7) is 3.54. The Morgan fingerprint density at radius 1 is 1.14 bits per heavy atom. The molecule has 35 heavy (non-hydrogen) atoms. The Hall–Kier alpha value is -3.32. The zero-order valence-corrected chi connectivity index (χ0v) is 20.6. The molecule has 0 radical (unpaired) electrons. The first-order valence-electron chi connectivity index (χ1n) is 12.1. The van der Waals surface area contributed by atoms with Crippen LogP contribution in [0.5, 0.6) is 0 Å². The Kier molecular flexibility index (Phi) is 8.08. The van der Waals surface area contributed by atoms with E-state index in [0.717, 1.165) is 35.7 Å². The van der Waals surface area contributed by atoms with Crippen molar-refractivity contribution in [2.75, 3.05) is 19.6 Å². The van der Waals surface area contributed by atoms with Crippen molar-refractivity contribution in [2.45, 2.75) is 38.6 Å². The molecule has 0 saturated carbocycles. The summed E-state index contributed by atoms with van der Waals surface area (Å²) in [5.74, 6) is -0.850. The van der Waals surface area contributed by atoms with Crippen molar-refractivity contribution >= 4 is 40.2 Å². The summed E-state index contributed by atoms with van der Waals surface area (Å²) in [7, 11) is 0. The number of fused-ring (bicyclic) bond motifs is 1. The summed E-state index contributed by atoms with van der Waals surface area (Å²) in [6.07, 6.45) is 4.56. The van der Waals surface area contributed by atoms with E-state index in [1.54, 1.807) is 29.2 Å². The molecule has 1 saturated heterocycles. The van der Waals surface area contributed by atoms with Gasteiger partial charge in [0, 0.05) is 43.2 Å². The predicted octanol–water partition coefficient (Wildman–Crippen LogP) is 3.93. The number of para-hydroxylation sites is 1. The lowest BCUT2D eigenvalue weighted by molar-refractivity contribution is -0.137. The molecule has 3 N–H and O–H groups in total. The first kappa shape index (κ1) is 24.8. The Bertz CT molecular complexity index is 1210. The molecule has 1 aromatic heterocycles. The van der Waals surface area contributed by atoms with Gasteiger partial charge >= 0.3 is 0 Å². The Morgan fingerprint density at radius 2 is 1.91 bits per heavy atom. The topological polar surface area (TPSA) is 94.3 Å². The van der Waals surface area contributed by atoms with Gasteiger partial charge in [0.2, 0.25) is 11.8 Å². The van der Waals surface area contributed by atoms with Crippen LogP contribution in [0.3, 0.4) is 0 Å². The summed E-state index contributed by atoms with van der Waals surface area (Å²) in [4.78, 5) is 44.3. The number of carbonyl (C=O) groups is 3. The highest BCUT2D eigenvalue weighted by atomic mass is 35.5. The van der Waals surface area contributed by atoms with Crippen molar-refractivity contribution < 1.29 is 14.4 Å². The Morgan fingerprint density at radius 3 is 2.71 bits per heavy atom. The van der Waals surface area contributed by atoms with E-state index in [0.29, 0.717) is 36.6 Å². The van der Waals surface area contributed by atoms with Crippen LogP contribution in [0.15, 0.2) is 54.7 Å². The molecular weight excluding hydrogens is 464 g/mol. The zero-order valence-electron chi connectivity index (χ0n) is 19.9. The Labute approximate surface area is 210 Å². The number of halogens is 1. The molecule has 4 rings (SSSR count). The lowest BCUT2D eigenvalue weighted by atomic mass is 9.95. The molecule has 0 spiro atoms. The number of nitrogens with zero attached hydrogens (tertiary/aromatic N) is 1. The molecule has 3 aromatic rings. The third-order valence-electron chi connectivity index (χ3n) is 6.47. The van der Waals surface area contributed by atoms with Crippen molar-refractivity contribution in [1.29, 1.82) is 0 Å². The largest absolute Gasteiger partial charge is 0.361 e. The monoisotopic (exact) mass is 494 g/mol. The first-order chi connectivity index (χ1) is 17.0. The smallest absolute Gasteiger partial charge is 0.253 e. The molecule has 1 fully saturated rings. The van der Waals surface area contributed by atoms with Crippen LogP contribution in [0.1, 0.15) is 42.1 Å². The van der Waals surface area contributed by atoms with E-state index >= 15 is 0 Å². The lowest BCUT2D eigenvalue weighted by Gasteiger charge is -2.34. The molecule has 0 aliphatic carbocycles. The average Bonchev–Trinajstić information content (AvgIpc) is 3.29. The van der Waals surface area contributed by atoms with Crippen molar-refractivity contribution in [3.63, 3.8) is 0 Å². The first-order valence-corrected chi connectivity index (χ1v) is 12.5. The number of amides is 3. The number of nitrogens with one attached hydrogen (secondary N) is 3. The Balaban J connectivity index is 1.56. The summed E-state index contributed by atoms with van der Waals surface area (Å²) >= 11 is 6.24. The highest BCUT2D eigenvalue weighted by Crippen LogP contribution is 2.23. The summed E-state index contributed by atoms with van der Waals surface area (Å²) in [5, 5.41) is 7.20. The van der Waals surface area contributed by atoms with Crippen LogP contribution in [-0.4, -0.2) is 53.3 Å². The van der Waals surface area contributed by atoms with Gasteiger partial charge in [0.05, 0.1) is 16.5 Å². The maximum Gasteiger partial charge on any atom is 0.253 e. The van der Waals surface area contributed by atoms with Gasteiger partial charge in [-0.25, -0.2) is 0 Å². The highest BCUT2D eigenvalue weighted by Gasteiger charge is 2.33. The van der Waals surface area contributed by atoms with Gasteiger partial charge in [0.1, 0.15) is 6.04 Å². The van der Waals surface area contributed by atoms with Crippen molar-refractivity contribution in [2.24, 2.45) is 5.92 Å². The maximum absolute atomic E-state index is 13.7. The van der Waals surface area contributed by atoms with Crippen LogP contribution in [0, 0.1) is 5.92 Å². The van der Waals surface area contributed by atoms with Crippen molar-refractivity contribution in [1.82, 2.24) is 20.5 Å². The van der Waals surface area contributed by atoms with Crippen LogP contribution >= 0.6 is 11.6 Å². The number of aromatic amines is 1. The fourth-order valence-corrected chi connectivity index (χ4v) is 4.83. The third kappa shape index (κ3) is 5.85. The summed E-state index contributed by atoms with van der Waals surface area (Å²) in [5.41, 5.74) is 2.23. The normalized spacial score (nSPS) is 16.6. The standard InChI is InChI=1S/C27H31ClN4O3/c1-2-13-29-25(33)18-8-7-14-32(17-18)27(35)24(31-26(34)21-10-3-5-11-22(21)28)15-19-16-30-23-12-6-4-9-20(19)23/h3-6,9-12,16,18,24,30H,2,7-8,13-15,17H2,1H3,(H,29,33)(H,31,34). The molecule has 2 aromatic carbocycles. The van der Waals surface area contributed by atoms with Gasteiger partial charge in [0.25, 0.3) is 5.91 Å². The molecule has 1 aliphatic rings. The van der Waals surface area contributed by atoms with E-state index in [9.17, 15) is 14.4 Å². The van der Waals surface area contributed by atoms with E-state index in [4.69, 9.17) is 11.6 Å². The third-order valence-corrected chi connectivity index (χ3v) is 6.80. The van der Waals surface area contributed by atoms with Crippen molar-refractivity contribution in [3.8, 4) is 0 Å². The van der Waals surface area contributed by atoms with Gasteiger partial charge in [-0.15, -0.1) is 0 Å². The molecular formula is C27H31ClN4O3. The molecule has 2 heterocycles. The van der Waals surface area contributed by atoms with E-state index in [2.05, 4.69) is 15.6 Å². The maximum atomic E-state index is 13.7. The van der Waals surface area contributed by atoms with E-state index in [1.807, 2.05) is 37.4 Å². The fourth-order valence-electron chi connectivity index (χ4n) is 4.61. The molecule has 8 heteroatoms. The molecule has 2 unspecified atom stereocenters. The number of hydrogen-bond donors (Lipinski definition) is 3. The molecule has 3 amide bonds. The van der Waals surface area contributed by atoms with Gasteiger partial charge < -0.3 is 20.5 Å². The van der Waals surface area contributed by atoms with Crippen LogP contribution in [-0.2, 0) is 16.0 Å². The molecule has 2 atom stereocenters. The fraction of sp³-hybridized carbons (Fsp3) is 0.370. The van der Waals surface area contributed by atoms with Gasteiger partial charge in [-0.05, 0) is 43.0 Å². The SMILES string of the molecule is CCCNC(=O)C1CCCN(C(=O)C(Cc2c[nH]c3ccccc23)NC(=O)c2ccccc2Cl)C1. The van der Waals surface area contributed by atoms with Gasteiger partial charge in [0.15, 0.2) is 0 Å². The number of benzene rings is 2. The number of likely N-dealkylation sites (tertiary alicyclic amines) is 1. The van der Waals surface area contributed by atoms with E-state index in [-0.39, 0.29) is 17.7 Å². The summed E-state index contributed by atoms with van der Waals surface area (Å²) < 4.78 is 0. The average molecular weight is 495 g/mol. The van der Waals surface area contributed by atoms with Crippen LogP contribution in [0.25, 0.3) is 10.9 Å². The second-order valence-electron chi connectivity index (χ2n) is 8.98. The van der Waals surface area contributed by atoms with Crippen LogP contribution < -0.4 is 10.6 Å². The number of carbonyl (C=O) groups excluding carboxylic acids is 3. The minimum atomic E-state index is -0.796. The van der Waals surface area contributed by atoms with Gasteiger partial charge in [-0.2, -0.15) is 0 Å². The molecule has 0 bridgehead atoms. The predicted molar refractivity (Wildman–Crippen MR) is 137 cm³/mol. The van der Waals surface area contributed by atoms with E-state index in [1.165, 1.54) is 0 Å². The second-order valence-corrected chi connectivity index (χ2v) is 9.39. The summed E-state index contributed by atoms with van der Waals surface area (Å²) in [6, 6.07) is 13.8. The van der Waals surface area contributed by atoms with Crippen LogP contribution in [0.4, 0.5) is 0 Å². The number of aromatic nitrogens is 1. The number of piperidine rings is 1. The highest BCUT2D eigenvalue weighted by molar-refractivity contribution is 6.33. The van der Waals surface area contributed by atoms with Gasteiger partial charge in [-0.1, -0.05) is 48.9 Å². The molecule has 1 aliphatic heterocycles. The van der Waals surface area contributed by atoms with Crippen LogP contribution in [0.2, 0.25) is 5.02 Å². The number of rotatable bonds is 8. The number of H-pyrrole nitrogens is 1. The van der Waals surface area contributed by atoms with E-state index < -0.39 is 11.9 Å². The minimum Gasteiger partial charge on any atom is -0.361 e. The zero-order chi connectivity index (χ0) is 24.8. The number of hydrogen-bond acceptors (Lipinski definition) is 3. The van der Waals surface area contributed by atoms with Gasteiger partial charge in [-0.3, -0.25) is 14.4 Å². The molecule has 184 valence electrons. The lowest BCUT2D eigenvalue weighted by Crippen LogP contribution is -2.53. The quantitative estimate of drug-likeness (QED) is 0.443. The molecule has 7 nitrogen and oxygen atoms in total. The van der Waals surface area contributed by atoms with Crippen molar-refractivity contribution in [3.05, 3.63) is 70.9 Å². The minimum absolute atomic E-state index is 0.0161.